The highest BCUT2D eigenvalue weighted by atomic mass is 35.5. The highest BCUT2D eigenvalue weighted by Gasteiger charge is 2.74. The predicted octanol–water partition coefficient (Wildman–Crippen LogP) is 4.55. The Morgan fingerprint density at radius 2 is 1.85 bits per heavy atom. The van der Waals surface area contributed by atoms with Crippen molar-refractivity contribution < 1.29 is 29.0 Å². The van der Waals surface area contributed by atoms with Crippen molar-refractivity contribution in [3.8, 4) is 5.75 Å². The van der Waals surface area contributed by atoms with E-state index >= 15 is 0 Å². The van der Waals surface area contributed by atoms with Crippen LogP contribution < -0.4 is 15.4 Å². The van der Waals surface area contributed by atoms with Crippen LogP contribution in [-0.4, -0.2) is 65.2 Å². The van der Waals surface area contributed by atoms with Crippen molar-refractivity contribution in [2.45, 2.75) is 70.1 Å². The Hall–Kier alpha value is -3.14. The van der Waals surface area contributed by atoms with Gasteiger partial charge in [0.25, 0.3) is 0 Å². The molecule has 2 bridgehead atoms. The number of anilines is 2. The quantitative estimate of drug-likeness (QED) is 0.316. The van der Waals surface area contributed by atoms with E-state index in [1.54, 1.807) is 35.2 Å². The number of hydrogen-bond acceptors (Lipinski definition) is 6. The summed E-state index contributed by atoms with van der Waals surface area (Å²) in [6.45, 7) is 4.79. The number of aryl methyl sites for hydroxylation is 1. The fraction of sp³-hybridized carbons (Fsp3) is 0.516. The number of fused-ring (bicyclic) bond motifs is 1. The maximum Gasteiger partial charge on any atom is 0.250 e. The number of carbonyl (C=O) groups is 3. The molecule has 5 rings (SSSR count). The van der Waals surface area contributed by atoms with Crippen LogP contribution in [0.5, 0.6) is 5.75 Å². The normalized spacial score (nSPS) is 26.2. The molecule has 0 aromatic heterocycles. The summed E-state index contributed by atoms with van der Waals surface area (Å²) >= 11 is 6.43. The number of aliphatic hydroxyl groups excluding tert-OH is 1. The molecule has 2 unspecified atom stereocenters. The third kappa shape index (κ3) is 5.55. The summed E-state index contributed by atoms with van der Waals surface area (Å²) in [6, 6.07) is 11.6. The lowest BCUT2D eigenvalue weighted by molar-refractivity contribution is -0.139. The number of carbonyl (C=O) groups excluding carboxylic acids is 3. The van der Waals surface area contributed by atoms with E-state index in [0.29, 0.717) is 61.0 Å². The summed E-state index contributed by atoms with van der Waals surface area (Å²) in [6.07, 6.45) is 3.66. The molecule has 2 aromatic carbocycles. The van der Waals surface area contributed by atoms with E-state index in [1.807, 2.05) is 26.0 Å². The highest BCUT2D eigenvalue weighted by Crippen LogP contribution is 2.58. The molecule has 0 aliphatic carbocycles. The number of likely N-dealkylation sites (tertiary alicyclic amines) is 1. The lowest BCUT2D eigenvalue weighted by Gasteiger charge is -2.33. The molecule has 3 heterocycles. The molecule has 3 fully saturated rings. The van der Waals surface area contributed by atoms with Gasteiger partial charge in [0.2, 0.25) is 17.7 Å². The van der Waals surface area contributed by atoms with Crippen LogP contribution in [0, 0.1) is 18.8 Å². The summed E-state index contributed by atoms with van der Waals surface area (Å²) in [4.78, 5) is 43.4. The first kappa shape index (κ1) is 29.4. The van der Waals surface area contributed by atoms with E-state index in [2.05, 4.69) is 10.6 Å². The number of rotatable bonds is 12. The second-order valence-corrected chi connectivity index (χ2v) is 11.5. The fourth-order valence-electron chi connectivity index (χ4n) is 6.75. The molecule has 3 aliphatic heterocycles. The van der Waals surface area contributed by atoms with Crippen LogP contribution in [0.2, 0.25) is 5.02 Å². The van der Waals surface area contributed by atoms with Gasteiger partial charge in [-0.25, -0.2) is 0 Å². The smallest absolute Gasteiger partial charge is 0.250 e. The Labute approximate surface area is 245 Å². The Kier molecular flexibility index (Phi) is 8.87. The van der Waals surface area contributed by atoms with Crippen LogP contribution >= 0.6 is 11.6 Å². The second-order valence-electron chi connectivity index (χ2n) is 11.1. The van der Waals surface area contributed by atoms with Gasteiger partial charge in [-0.2, -0.15) is 0 Å². The van der Waals surface area contributed by atoms with Gasteiger partial charge in [-0.1, -0.05) is 36.6 Å². The fourth-order valence-corrected chi connectivity index (χ4v) is 7.02. The van der Waals surface area contributed by atoms with Crippen LogP contribution in [0.25, 0.3) is 0 Å². The average Bonchev–Trinajstić information content (AvgIpc) is 3.59. The van der Waals surface area contributed by atoms with Gasteiger partial charge in [0.05, 0.1) is 35.3 Å². The number of aliphatic hydroxyl groups is 1. The minimum absolute atomic E-state index is 0.121. The zero-order chi connectivity index (χ0) is 29.1. The molecule has 3 N–H and O–H groups in total. The van der Waals surface area contributed by atoms with Crippen LogP contribution in [0.3, 0.4) is 0 Å². The first-order chi connectivity index (χ1) is 19.8. The third-order valence-electron chi connectivity index (χ3n) is 8.56. The van der Waals surface area contributed by atoms with Crippen molar-refractivity contribution in [3.63, 3.8) is 0 Å². The second kappa shape index (κ2) is 12.4. The number of hydrogen-bond donors (Lipinski definition) is 3. The molecule has 3 saturated heterocycles. The zero-order valence-electron chi connectivity index (χ0n) is 23.5. The van der Waals surface area contributed by atoms with Crippen LogP contribution in [-0.2, 0) is 19.1 Å². The molecule has 0 saturated carbocycles. The average molecular weight is 584 g/mol. The van der Waals surface area contributed by atoms with Crippen LogP contribution in [0.15, 0.2) is 42.5 Å². The molecule has 41 heavy (non-hydrogen) atoms. The Morgan fingerprint density at radius 1 is 1.10 bits per heavy atom. The lowest BCUT2D eigenvalue weighted by atomic mass is 9.70. The van der Waals surface area contributed by atoms with Crippen molar-refractivity contribution in [2.75, 3.05) is 30.4 Å². The van der Waals surface area contributed by atoms with Crippen LogP contribution in [0.1, 0.15) is 51.0 Å². The van der Waals surface area contributed by atoms with Gasteiger partial charge in [0, 0.05) is 18.8 Å². The standard InChI is InChI=1S/C31H38ClN3O6/c1-3-40-21-13-11-20(12-14-21)33-28(37)24-23-15-16-31(41-23)25(24)30(39)35(17-6-4-5-7-18-36)27(31)29(38)34-26-19(2)9-8-10-22(26)32/h8-14,23-25,27,36H,3-7,15-18H2,1-2H3,(H,33,37)(H,34,38)/t23-,24+,25-,27?,31?/m0/s1. The van der Waals surface area contributed by atoms with Gasteiger partial charge >= 0.3 is 0 Å². The zero-order valence-corrected chi connectivity index (χ0v) is 24.3. The summed E-state index contributed by atoms with van der Waals surface area (Å²) in [5.74, 6) is -1.64. The molecule has 0 radical (unpaired) electrons. The van der Waals surface area contributed by atoms with Gasteiger partial charge in [-0.15, -0.1) is 0 Å². The molecular formula is C31H38ClN3O6. The predicted molar refractivity (Wildman–Crippen MR) is 156 cm³/mol. The number of amides is 3. The molecule has 220 valence electrons. The number of nitrogens with one attached hydrogen (secondary N) is 2. The van der Waals surface area contributed by atoms with Gasteiger partial charge in [0.15, 0.2) is 0 Å². The molecule has 10 heteroatoms. The monoisotopic (exact) mass is 583 g/mol. The topological polar surface area (TPSA) is 117 Å². The van der Waals surface area contributed by atoms with Gasteiger partial charge in [-0.05, 0) is 75.4 Å². The molecule has 3 amide bonds. The molecule has 9 nitrogen and oxygen atoms in total. The highest BCUT2D eigenvalue weighted by molar-refractivity contribution is 6.34. The Bertz CT molecular complexity index is 1270. The van der Waals surface area contributed by atoms with E-state index in [-0.39, 0.29) is 24.3 Å². The van der Waals surface area contributed by atoms with Gasteiger partial charge < -0.3 is 30.1 Å². The van der Waals surface area contributed by atoms with Crippen molar-refractivity contribution in [3.05, 3.63) is 53.1 Å². The first-order valence-corrected chi connectivity index (χ1v) is 14.9. The van der Waals surface area contributed by atoms with Crippen molar-refractivity contribution in [2.24, 2.45) is 11.8 Å². The van der Waals surface area contributed by atoms with Crippen LogP contribution in [0.4, 0.5) is 11.4 Å². The summed E-state index contributed by atoms with van der Waals surface area (Å²) in [5, 5.41) is 15.5. The van der Waals surface area contributed by atoms with E-state index in [0.717, 1.165) is 18.4 Å². The molecule has 1 spiro atoms. The molecule has 2 aromatic rings. The molecule has 3 aliphatic rings. The Morgan fingerprint density at radius 3 is 2.56 bits per heavy atom. The van der Waals surface area contributed by atoms with Crippen molar-refractivity contribution in [1.82, 2.24) is 4.90 Å². The number of ether oxygens (including phenoxy) is 2. The maximum atomic E-state index is 14.1. The minimum Gasteiger partial charge on any atom is -0.494 e. The van der Waals surface area contributed by atoms with E-state index in [9.17, 15) is 14.4 Å². The van der Waals surface area contributed by atoms with Crippen molar-refractivity contribution >= 4 is 40.7 Å². The van der Waals surface area contributed by atoms with Gasteiger partial charge in [-0.3, -0.25) is 14.4 Å². The van der Waals surface area contributed by atoms with E-state index in [1.165, 1.54) is 0 Å². The molecular weight excluding hydrogens is 546 g/mol. The minimum atomic E-state index is -1.09. The first-order valence-electron chi connectivity index (χ1n) is 14.5. The van der Waals surface area contributed by atoms with Gasteiger partial charge in [0.1, 0.15) is 17.4 Å². The molecule has 5 atom stereocenters. The van der Waals surface area contributed by atoms with Crippen molar-refractivity contribution in [1.29, 1.82) is 0 Å². The Balaban J connectivity index is 1.41. The largest absolute Gasteiger partial charge is 0.494 e. The third-order valence-corrected chi connectivity index (χ3v) is 8.88. The summed E-state index contributed by atoms with van der Waals surface area (Å²) < 4.78 is 12.0. The number of halogens is 1. The summed E-state index contributed by atoms with van der Waals surface area (Å²) in [7, 11) is 0. The number of benzene rings is 2. The van der Waals surface area contributed by atoms with E-state index < -0.39 is 29.6 Å². The SMILES string of the molecule is CCOc1ccc(NC(=O)[C@@H]2[C@@H]3CCC4(O3)C(C(=O)Nc3c(C)cccc3Cl)N(CCCCCCO)C(=O)[C@H]24)cc1. The number of para-hydroxylation sites is 1. The van der Waals surface area contributed by atoms with E-state index in [4.69, 9.17) is 26.2 Å². The number of unbranched alkanes of at least 4 members (excludes halogenated alkanes) is 3. The lowest BCUT2D eigenvalue weighted by Crippen LogP contribution is -2.53. The summed E-state index contributed by atoms with van der Waals surface area (Å²) in [5.41, 5.74) is 0.827. The maximum absolute atomic E-state index is 14.1. The number of nitrogens with zero attached hydrogens (tertiary/aromatic N) is 1.